The predicted molar refractivity (Wildman–Crippen MR) is 48.6 cm³/mol. The maximum Gasteiger partial charge on any atom is 0.309 e. The number of carboxylic acids is 1. The van der Waals surface area contributed by atoms with E-state index >= 15 is 0 Å². The van der Waals surface area contributed by atoms with Gasteiger partial charge in [0, 0.05) is 13.1 Å². The van der Waals surface area contributed by atoms with Crippen LogP contribution in [0.5, 0.6) is 0 Å². The Bertz CT molecular complexity index is 166. The second-order valence-electron chi connectivity index (χ2n) is 3.35. The van der Waals surface area contributed by atoms with E-state index in [1.54, 1.807) is 0 Å². The summed E-state index contributed by atoms with van der Waals surface area (Å²) in [5.41, 5.74) is 0. The number of hydrogen-bond acceptors (Lipinski definition) is 3. The molecule has 2 unspecified atom stereocenters. The van der Waals surface area contributed by atoms with E-state index in [9.17, 15) is 4.79 Å². The number of nitrogens with one attached hydrogen (secondary N) is 1. The van der Waals surface area contributed by atoms with Gasteiger partial charge in [-0.1, -0.05) is 13.3 Å². The van der Waals surface area contributed by atoms with Gasteiger partial charge in [-0.3, -0.25) is 4.79 Å². The van der Waals surface area contributed by atoms with E-state index in [1.807, 2.05) is 6.92 Å². The third-order valence-corrected chi connectivity index (χ3v) is 2.32. The fourth-order valence-electron chi connectivity index (χ4n) is 1.62. The number of aliphatic carboxylic acids is 1. The smallest absolute Gasteiger partial charge is 0.309 e. The Kier molecular flexibility index (Phi) is 4.18. The second kappa shape index (κ2) is 5.19. The minimum Gasteiger partial charge on any atom is -0.481 e. The summed E-state index contributed by atoms with van der Waals surface area (Å²) >= 11 is 0. The maximum absolute atomic E-state index is 10.9. The van der Waals surface area contributed by atoms with E-state index in [0.29, 0.717) is 19.6 Å². The molecule has 1 aliphatic rings. The Morgan fingerprint density at radius 3 is 3.00 bits per heavy atom. The number of hydrogen-bond donors (Lipinski definition) is 2. The van der Waals surface area contributed by atoms with E-state index in [4.69, 9.17) is 9.84 Å². The van der Waals surface area contributed by atoms with Gasteiger partial charge in [0.15, 0.2) is 0 Å². The lowest BCUT2D eigenvalue weighted by molar-refractivity contribution is -0.148. The number of rotatable bonds is 4. The fourth-order valence-corrected chi connectivity index (χ4v) is 1.62. The Hall–Kier alpha value is -0.610. The van der Waals surface area contributed by atoms with Crippen molar-refractivity contribution in [3.05, 3.63) is 0 Å². The van der Waals surface area contributed by atoms with E-state index in [1.165, 1.54) is 0 Å². The van der Waals surface area contributed by atoms with Crippen molar-refractivity contribution in [2.75, 3.05) is 19.7 Å². The summed E-state index contributed by atoms with van der Waals surface area (Å²) in [6.45, 7) is 4.11. The molecule has 1 aliphatic heterocycles. The lowest BCUT2D eigenvalue weighted by Gasteiger charge is -2.28. The van der Waals surface area contributed by atoms with Gasteiger partial charge in [-0.15, -0.1) is 0 Å². The zero-order valence-electron chi connectivity index (χ0n) is 7.95. The molecule has 0 aromatic rings. The van der Waals surface area contributed by atoms with Crippen LogP contribution in [0.1, 0.15) is 19.8 Å². The Labute approximate surface area is 78.3 Å². The Balaban J connectivity index is 2.46. The summed E-state index contributed by atoms with van der Waals surface area (Å²) in [5.74, 6) is -1.09. The quantitative estimate of drug-likeness (QED) is 0.672. The molecule has 1 rings (SSSR count). The minimum atomic E-state index is -0.740. The SMILES string of the molecule is CCCC(C(=O)O)C1CNCCO1. The highest BCUT2D eigenvalue weighted by molar-refractivity contribution is 5.70. The molecule has 0 bridgehead atoms. The first-order valence-electron chi connectivity index (χ1n) is 4.80. The molecule has 0 radical (unpaired) electrons. The lowest BCUT2D eigenvalue weighted by atomic mass is 9.96. The van der Waals surface area contributed by atoms with Crippen molar-refractivity contribution in [3.8, 4) is 0 Å². The Morgan fingerprint density at radius 2 is 2.54 bits per heavy atom. The van der Waals surface area contributed by atoms with Gasteiger partial charge in [0.1, 0.15) is 0 Å². The van der Waals surface area contributed by atoms with Gasteiger partial charge in [-0.25, -0.2) is 0 Å². The zero-order valence-corrected chi connectivity index (χ0v) is 7.95. The highest BCUT2D eigenvalue weighted by Crippen LogP contribution is 2.16. The molecule has 0 amide bonds. The minimum absolute atomic E-state index is 0.147. The summed E-state index contributed by atoms with van der Waals surface area (Å²) in [4.78, 5) is 10.9. The second-order valence-corrected chi connectivity index (χ2v) is 3.35. The number of morpholine rings is 1. The molecule has 1 saturated heterocycles. The third-order valence-electron chi connectivity index (χ3n) is 2.32. The average Bonchev–Trinajstić information content (AvgIpc) is 2.15. The first kappa shape index (κ1) is 10.5. The van der Waals surface area contributed by atoms with E-state index in [0.717, 1.165) is 13.0 Å². The molecule has 1 heterocycles. The van der Waals surface area contributed by atoms with E-state index < -0.39 is 5.97 Å². The van der Waals surface area contributed by atoms with Gasteiger partial charge in [0.05, 0.1) is 18.6 Å². The average molecular weight is 187 g/mol. The molecule has 4 heteroatoms. The maximum atomic E-state index is 10.9. The third kappa shape index (κ3) is 2.97. The monoisotopic (exact) mass is 187 g/mol. The van der Waals surface area contributed by atoms with Crippen molar-refractivity contribution in [1.82, 2.24) is 5.32 Å². The summed E-state index contributed by atoms with van der Waals surface area (Å²) in [6.07, 6.45) is 1.43. The molecule has 0 spiro atoms. The normalized spacial score (nSPS) is 25.5. The van der Waals surface area contributed by atoms with Crippen LogP contribution in [0.3, 0.4) is 0 Å². The number of carbonyl (C=O) groups is 1. The van der Waals surface area contributed by atoms with Crippen LogP contribution < -0.4 is 5.32 Å². The fraction of sp³-hybridized carbons (Fsp3) is 0.889. The molecule has 0 saturated carbocycles. The van der Waals surface area contributed by atoms with E-state index in [2.05, 4.69) is 5.32 Å². The molecular formula is C9H17NO3. The van der Waals surface area contributed by atoms with Gasteiger partial charge in [-0.2, -0.15) is 0 Å². The highest BCUT2D eigenvalue weighted by Gasteiger charge is 2.29. The van der Waals surface area contributed by atoms with E-state index in [-0.39, 0.29) is 12.0 Å². The first-order chi connectivity index (χ1) is 6.25. The number of ether oxygens (including phenoxy) is 1. The highest BCUT2D eigenvalue weighted by atomic mass is 16.5. The van der Waals surface area contributed by atoms with Gasteiger partial charge in [0.25, 0.3) is 0 Å². The topological polar surface area (TPSA) is 58.6 Å². The summed E-state index contributed by atoms with van der Waals surface area (Å²) in [5, 5.41) is 12.1. The molecule has 2 atom stereocenters. The molecule has 13 heavy (non-hydrogen) atoms. The predicted octanol–water partition coefficient (Wildman–Crippen LogP) is 0.476. The number of carboxylic acid groups (broad SMARTS) is 1. The van der Waals surface area contributed by atoms with Crippen LogP contribution in [0, 0.1) is 5.92 Å². The van der Waals surface area contributed by atoms with Crippen LogP contribution in [-0.2, 0) is 9.53 Å². The van der Waals surface area contributed by atoms with Crippen LogP contribution in [0.15, 0.2) is 0 Å². The Morgan fingerprint density at radius 1 is 1.77 bits per heavy atom. The summed E-state index contributed by atoms with van der Waals surface area (Å²) in [7, 11) is 0. The van der Waals surface area contributed by atoms with Crippen molar-refractivity contribution in [2.45, 2.75) is 25.9 Å². The van der Waals surface area contributed by atoms with Crippen LogP contribution in [0.25, 0.3) is 0 Å². The van der Waals surface area contributed by atoms with Crippen LogP contribution in [-0.4, -0.2) is 36.9 Å². The molecule has 0 aliphatic carbocycles. The van der Waals surface area contributed by atoms with Crippen LogP contribution in [0.4, 0.5) is 0 Å². The van der Waals surface area contributed by atoms with Crippen LogP contribution in [0.2, 0.25) is 0 Å². The standard InChI is InChI=1S/C9H17NO3/c1-2-3-7(9(11)12)8-6-10-4-5-13-8/h7-8,10H,2-6H2,1H3,(H,11,12). The molecular weight excluding hydrogens is 170 g/mol. The molecule has 4 nitrogen and oxygen atoms in total. The van der Waals surface area contributed by atoms with Gasteiger partial charge >= 0.3 is 5.97 Å². The largest absolute Gasteiger partial charge is 0.481 e. The molecule has 2 N–H and O–H groups in total. The van der Waals surface area contributed by atoms with Crippen molar-refractivity contribution in [3.63, 3.8) is 0 Å². The van der Waals surface area contributed by atoms with Gasteiger partial charge < -0.3 is 15.2 Å². The molecule has 0 aromatic heterocycles. The van der Waals surface area contributed by atoms with Crippen molar-refractivity contribution in [1.29, 1.82) is 0 Å². The summed E-state index contributed by atoms with van der Waals surface area (Å²) < 4.78 is 5.41. The zero-order chi connectivity index (χ0) is 9.68. The van der Waals surface area contributed by atoms with Crippen LogP contribution >= 0.6 is 0 Å². The van der Waals surface area contributed by atoms with Crippen molar-refractivity contribution >= 4 is 5.97 Å². The summed E-state index contributed by atoms with van der Waals surface area (Å²) in [6, 6.07) is 0. The van der Waals surface area contributed by atoms with Crippen molar-refractivity contribution in [2.24, 2.45) is 5.92 Å². The van der Waals surface area contributed by atoms with Gasteiger partial charge in [0.2, 0.25) is 0 Å². The molecule has 0 aromatic carbocycles. The van der Waals surface area contributed by atoms with Crippen molar-refractivity contribution < 1.29 is 14.6 Å². The van der Waals surface area contributed by atoms with Gasteiger partial charge in [-0.05, 0) is 6.42 Å². The lowest BCUT2D eigenvalue weighted by Crippen LogP contribution is -2.45. The first-order valence-corrected chi connectivity index (χ1v) is 4.80. The molecule has 76 valence electrons. The molecule has 1 fully saturated rings.